The number of nitrogens with zero attached hydrogens (tertiary/aromatic N) is 2. The van der Waals surface area contributed by atoms with Crippen molar-refractivity contribution in [3.8, 4) is 5.75 Å². The first-order valence-corrected chi connectivity index (χ1v) is 8.99. The molecule has 1 heterocycles. The van der Waals surface area contributed by atoms with Gasteiger partial charge in [-0.2, -0.15) is 0 Å². The van der Waals surface area contributed by atoms with Crippen molar-refractivity contribution in [1.29, 1.82) is 0 Å². The monoisotopic (exact) mass is 407 g/mol. The van der Waals surface area contributed by atoms with Crippen LogP contribution in [0.2, 0.25) is 5.02 Å². The van der Waals surface area contributed by atoms with Crippen LogP contribution in [0.15, 0.2) is 46.0 Å². The number of oxazole rings is 1. The molecule has 0 saturated carbocycles. The number of methoxy groups -OCH3 is 1. The third-order valence-corrected chi connectivity index (χ3v) is 4.81. The van der Waals surface area contributed by atoms with E-state index in [0.29, 0.717) is 27.0 Å². The van der Waals surface area contributed by atoms with Crippen molar-refractivity contribution < 1.29 is 18.9 Å². The number of nitrogens with one attached hydrogen (secondary N) is 1. The molecule has 0 aliphatic rings. The highest BCUT2D eigenvalue weighted by Gasteiger charge is 2.20. The van der Waals surface area contributed by atoms with Crippen molar-refractivity contribution in [3.05, 3.63) is 51.5 Å². The SMILES string of the molecule is COc1cc([N+](=O)[O-])ccc1NC(=O)[C@H](C)Sc1nc2ccc(Cl)cc2o1. The van der Waals surface area contributed by atoms with Crippen molar-refractivity contribution in [3.63, 3.8) is 0 Å². The number of hydrogen-bond donors (Lipinski definition) is 1. The number of amides is 1. The number of ether oxygens (including phenoxy) is 1. The molecule has 0 saturated heterocycles. The quantitative estimate of drug-likeness (QED) is 0.363. The first-order chi connectivity index (χ1) is 12.9. The van der Waals surface area contributed by atoms with Gasteiger partial charge >= 0.3 is 0 Å². The largest absolute Gasteiger partial charge is 0.494 e. The van der Waals surface area contributed by atoms with Gasteiger partial charge in [0.05, 0.1) is 29.0 Å². The first-order valence-electron chi connectivity index (χ1n) is 7.73. The van der Waals surface area contributed by atoms with E-state index >= 15 is 0 Å². The smallest absolute Gasteiger partial charge is 0.273 e. The number of carbonyl (C=O) groups excluding carboxylic acids is 1. The summed E-state index contributed by atoms with van der Waals surface area (Å²) in [5.41, 5.74) is 1.39. The number of non-ortho nitro benzene ring substituents is 1. The summed E-state index contributed by atoms with van der Waals surface area (Å²) < 4.78 is 10.7. The minimum absolute atomic E-state index is 0.127. The zero-order valence-electron chi connectivity index (χ0n) is 14.3. The molecule has 0 unspecified atom stereocenters. The molecule has 0 aliphatic heterocycles. The van der Waals surface area contributed by atoms with E-state index in [4.69, 9.17) is 20.8 Å². The molecule has 1 aromatic heterocycles. The summed E-state index contributed by atoms with van der Waals surface area (Å²) in [6.07, 6.45) is 0. The molecule has 0 spiro atoms. The van der Waals surface area contributed by atoms with Gasteiger partial charge < -0.3 is 14.5 Å². The number of thioether (sulfide) groups is 1. The zero-order chi connectivity index (χ0) is 19.6. The number of hydrogen-bond acceptors (Lipinski definition) is 7. The van der Waals surface area contributed by atoms with Crippen molar-refractivity contribution in [2.45, 2.75) is 17.4 Å². The molecule has 1 atom stereocenters. The summed E-state index contributed by atoms with van der Waals surface area (Å²) in [6, 6.07) is 9.06. The van der Waals surface area contributed by atoms with E-state index < -0.39 is 10.2 Å². The summed E-state index contributed by atoms with van der Waals surface area (Å²) in [7, 11) is 1.37. The predicted octanol–water partition coefficient (Wildman–Crippen LogP) is 4.52. The molecule has 1 N–H and O–H groups in total. The fourth-order valence-electron chi connectivity index (χ4n) is 2.26. The minimum atomic E-state index is -0.536. The Bertz CT molecular complexity index is 1020. The molecule has 0 bridgehead atoms. The lowest BCUT2D eigenvalue weighted by Gasteiger charge is -2.12. The van der Waals surface area contributed by atoms with E-state index in [1.54, 1.807) is 25.1 Å². The van der Waals surface area contributed by atoms with E-state index in [2.05, 4.69) is 10.3 Å². The Morgan fingerprint density at radius 2 is 2.15 bits per heavy atom. The topological polar surface area (TPSA) is 108 Å². The Labute approximate surface area is 163 Å². The Morgan fingerprint density at radius 1 is 1.37 bits per heavy atom. The zero-order valence-corrected chi connectivity index (χ0v) is 15.8. The van der Waals surface area contributed by atoms with Gasteiger partial charge in [0.2, 0.25) is 5.91 Å². The molecule has 1 amide bonds. The lowest BCUT2D eigenvalue weighted by Crippen LogP contribution is -2.22. The summed E-state index contributed by atoms with van der Waals surface area (Å²) >= 11 is 7.06. The molecule has 140 valence electrons. The van der Waals surface area contributed by atoms with Gasteiger partial charge in [-0.3, -0.25) is 14.9 Å². The molecular weight excluding hydrogens is 394 g/mol. The summed E-state index contributed by atoms with van der Waals surface area (Å²) in [4.78, 5) is 27.1. The second kappa shape index (κ2) is 7.85. The van der Waals surface area contributed by atoms with Gasteiger partial charge in [-0.15, -0.1) is 0 Å². The van der Waals surface area contributed by atoms with Crippen LogP contribution in [0.5, 0.6) is 5.75 Å². The molecule has 3 aromatic rings. The lowest BCUT2D eigenvalue weighted by atomic mass is 10.2. The van der Waals surface area contributed by atoms with Crippen molar-refractivity contribution in [2.24, 2.45) is 0 Å². The summed E-state index contributed by atoms with van der Waals surface area (Å²) in [5.74, 6) is -0.126. The van der Waals surface area contributed by atoms with Crippen LogP contribution in [-0.2, 0) is 4.79 Å². The van der Waals surface area contributed by atoms with Crippen LogP contribution in [-0.4, -0.2) is 28.2 Å². The molecule has 2 aromatic carbocycles. The number of aromatic nitrogens is 1. The maximum Gasteiger partial charge on any atom is 0.273 e. The number of halogens is 1. The third kappa shape index (κ3) is 4.32. The number of rotatable bonds is 6. The van der Waals surface area contributed by atoms with Crippen molar-refractivity contribution in [1.82, 2.24) is 4.98 Å². The fourth-order valence-corrected chi connectivity index (χ4v) is 3.18. The molecule has 3 rings (SSSR count). The Balaban J connectivity index is 1.72. The van der Waals surface area contributed by atoms with Crippen LogP contribution in [0.3, 0.4) is 0 Å². The average molecular weight is 408 g/mol. The molecule has 0 fully saturated rings. The Hall–Kier alpha value is -2.78. The standard InChI is InChI=1S/C17H14ClN3O5S/c1-9(27-17-20-13-5-3-10(18)7-15(13)26-17)16(22)19-12-6-4-11(21(23)24)8-14(12)25-2/h3-9H,1-2H3,(H,19,22)/t9-/m0/s1. The van der Waals surface area contributed by atoms with E-state index in [-0.39, 0.29) is 17.3 Å². The van der Waals surface area contributed by atoms with Crippen LogP contribution in [0.1, 0.15) is 6.92 Å². The van der Waals surface area contributed by atoms with E-state index in [9.17, 15) is 14.9 Å². The van der Waals surface area contributed by atoms with Crippen molar-refractivity contribution in [2.75, 3.05) is 12.4 Å². The average Bonchev–Trinajstić information content (AvgIpc) is 3.02. The highest BCUT2D eigenvalue weighted by Crippen LogP contribution is 2.31. The van der Waals surface area contributed by atoms with Crippen LogP contribution in [0.4, 0.5) is 11.4 Å². The number of carbonyl (C=O) groups is 1. The van der Waals surface area contributed by atoms with E-state index in [1.807, 2.05) is 0 Å². The number of benzene rings is 2. The van der Waals surface area contributed by atoms with E-state index in [0.717, 1.165) is 11.8 Å². The van der Waals surface area contributed by atoms with Gasteiger partial charge in [-0.1, -0.05) is 23.4 Å². The predicted molar refractivity (Wildman–Crippen MR) is 103 cm³/mol. The second-order valence-electron chi connectivity index (χ2n) is 5.48. The Kier molecular flexibility index (Phi) is 5.52. The van der Waals surface area contributed by atoms with Gasteiger partial charge in [0.15, 0.2) is 5.58 Å². The highest BCUT2D eigenvalue weighted by atomic mass is 35.5. The molecule has 10 heteroatoms. The molecule has 27 heavy (non-hydrogen) atoms. The van der Waals surface area contributed by atoms with Crippen LogP contribution in [0.25, 0.3) is 11.1 Å². The fraction of sp³-hybridized carbons (Fsp3) is 0.176. The van der Waals surface area contributed by atoms with Gasteiger partial charge in [0.25, 0.3) is 10.9 Å². The number of nitro benzene ring substituents is 1. The van der Waals surface area contributed by atoms with Gasteiger partial charge in [-0.05, 0) is 25.1 Å². The minimum Gasteiger partial charge on any atom is -0.494 e. The van der Waals surface area contributed by atoms with E-state index in [1.165, 1.54) is 25.3 Å². The van der Waals surface area contributed by atoms with Gasteiger partial charge in [0, 0.05) is 17.2 Å². The lowest BCUT2D eigenvalue weighted by molar-refractivity contribution is -0.384. The van der Waals surface area contributed by atoms with Crippen molar-refractivity contribution >= 4 is 51.7 Å². The number of fused-ring (bicyclic) bond motifs is 1. The summed E-state index contributed by atoms with van der Waals surface area (Å²) in [5, 5.41) is 13.9. The highest BCUT2D eigenvalue weighted by molar-refractivity contribution is 8.00. The van der Waals surface area contributed by atoms with Gasteiger partial charge in [-0.25, -0.2) is 4.98 Å². The molecular formula is C17H14ClN3O5S. The third-order valence-electron chi connectivity index (χ3n) is 3.63. The van der Waals surface area contributed by atoms with Crippen LogP contribution in [0, 0.1) is 10.1 Å². The molecule has 0 radical (unpaired) electrons. The maximum absolute atomic E-state index is 12.5. The van der Waals surface area contributed by atoms with Gasteiger partial charge in [0.1, 0.15) is 11.3 Å². The molecule has 0 aliphatic carbocycles. The second-order valence-corrected chi connectivity index (χ2v) is 7.21. The summed E-state index contributed by atoms with van der Waals surface area (Å²) in [6.45, 7) is 1.69. The molecule has 8 nitrogen and oxygen atoms in total. The maximum atomic E-state index is 12.5. The van der Waals surface area contributed by atoms with Crippen LogP contribution >= 0.6 is 23.4 Å². The number of anilines is 1. The first kappa shape index (κ1) is 19.0. The number of nitro groups is 1. The normalized spacial score (nSPS) is 12.0. The Morgan fingerprint density at radius 3 is 2.85 bits per heavy atom. The van der Waals surface area contributed by atoms with Crippen LogP contribution < -0.4 is 10.1 Å².